The van der Waals surface area contributed by atoms with Crippen LogP contribution < -0.4 is 14.8 Å². The lowest BCUT2D eigenvalue weighted by atomic mass is 10.2. The quantitative estimate of drug-likeness (QED) is 0.613. The molecule has 3 heterocycles. The molecule has 32 heavy (non-hydrogen) atoms. The van der Waals surface area contributed by atoms with Crippen molar-refractivity contribution in [2.24, 2.45) is 4.99 Å². The second-order valence-corrected chi connectivity index (χ2v) is 7.62. The molecule has 3 aromatic rings. The number of nitrogens with one attached hydrogen (secondary N) is 2. The van der Waals surface area contributed by atoms with Crippen LogP contribution in [0.3, 0.4) is 0 Å². The Morgan fingerprint density at radius 1 is 1.12 bits per heavy atom. The Kier molecular flexibility index (Phi) is 5.64. The lowest BCUT2D eigenvalue weighted by Crippen LogP contribution is -2.43. The Bertz CT molecular complexity index is 1170. The lowest BCUT2D eigenvalue weighted by Gasteiger charge is -2.26. The average molecular weight is 435 g/mol. The second-order valence-electron chi connectivity index (χ2n) is 7.62. The number of amidine groups is 1. The van der Waals surface area contributed by atoms with E-state index in [0.717, 1.165) is 46.9 Å². The van der Waals surface area contributed by atoms with E-state index in [2.05, 4.69) is 21.4 Å². The molecule has 2 aromatic carbocycles. The molecule has 0 bridgehead atoms. The molecule has 5 rings (SSSR count). The van der Waals surface area contributed by atoms with Gasteiger partial charge in [0.05, 0.1) is 37.9 Å². The van der Waals surface area contributed by atoms with Gasteiger partial charge in [-0.15, -0.1) is 0 Å². The van der Waals surface area contributed by atoms with E-state index >= 15 is 0 Å². The van der Waals surface area contributed by atoms with Crippen molar-refractivity contribution >= 4 is 22.8 Å². The molecule has 0 aliphatic carbocycles. The molecule has 0 radical (unpaired) electrons. The normalized spacial score (nSPS) is 16.0. The molecule has 2 aliphatic rings. The molecule has 0 spiro atoms. The number of hydrogen-bond acceptors (Lipinski definition) is 7. The van der Waals surface area contributed by atoms with Crippen LogP contribution in [0.25, 0.3) is 22.4 Å². The highest BCUT2D eigenvalue weighted by molar-refractivity contribution is 6.02. The monoisotopic (exact) mass is 435 g/mol. The topological polar surface area (TPSA) is 101 Å². The summed E-state index contributed by atoms with van der Waals surface area (Å²) >= 11 is 0. The van der Waals surface area contributed by atoms with Crippen molar-refractivity contribution < 1.29 is 19.0 Å². The number of nitrogens with zero attached hydrogens (tertiary/aromatic N) is 3. The fourth-order valence-electron chi connectivity index (χ4n) is 3.86. The van der Waals surface area contributed by atoms with Crippen LogP contribution in [-0.2, 0) is 9.53 Å². The summed E-state index contributed by atoms with van der Waals surface area (Å²) in [4.78, 5) is 26.7. The highest BCUT2D eigenvalue weighted by Crippen LogP contribution is 2.32. The number of imidazole rings is 1. The van der Waals surface area contributed by atoms with Crippen molar-refractivity contribution in [2.75, 3.05) is 53.1 Å². The summed E-state index contributed by atoms with van der Waals surface area (Å²) in [6, 6.07) is 11.6. The van der Waals surface area contributed by atoms with Gasteiger partial charge in [0.15, 0.2) is 18.1 Å². The molecular formula is C23H25N5O4. The highest BCUT2D eigenvalue weighted by Gasteiger charge is 2.18. The van der Waals surface area contributed by atoms with Gasteiger partial charge in [-0.05, 0) is 36.4 Å². The highest BCUT2D eigenvalue weighted by atomic mass is 16.5. The third-order valence-electron chi connectivity index (χ3n) is 5.58. The third kappa shape index (κ3) is 4.11. The Hall–Kier alpha value is -3.59. The van der Waals surface area contributed by atoms with Crippen LogP contribution in [0.15, 0.2) is 41.4 Å². The number of amides is 1. The number of aromatic nitrogens is 2. The minimum absolute atomic E-state index is 0.0406. The van der Waals surface area contributed by atoms with Gasteiger partial charge in [-0.3, -0.25) is 9.79 Å². The maximum atomic E-state index is 12.4. The van der Waals surface area contributed by atoms with E-state index in [9.17, 15) is 4.79 Å². The lowest BCUT2D eigenvalue weighted by molar-refractivity contribution is -0.137. The number of ether oxygens (including phenoxy) is 3. The summed E-state index contributed by atoms with van der Waals surface area (Å²) in [5, 5.41) is 3.29. The molecule has 9 nitrogen and oxygen atoms in total. The molecule has 0 unspecified atom stereocenters. The van der Waals surface area contributed by atoms with Gasteiger partial charge in [0.25, 0.3) is 5.91 Å². The smallest absolute Gasteiger partial charge is 0.260 e. The number of aromatic amines is 1. The van der Waals surface area contributed by atoms with Gasteiger partial charge >= 0.3 is 0 Å². The van der Waals surface area contributed by atoms with Crippen molar-refractivity contribution in [2.45, 2.75) is 0 Å². The van der Waals surface area contributed by atoms with Crippen LogP contribution >= 0.6 is 0 Å². The van der Waals surface area contributed by atoms with Crippen LogP contribution in [-0.4, -0.2) is 79.7 Å². The number of rotatable bonds is 6. The van der Waals surface area contributed by atoms with E-state index in [0.29, 0.717) is 37.8 Å². The van der Waals surface area contributed by atoms with Crippen LogP contribution in [0.2, 0.25) is 0 Å². The van der Waals surface area contributed by atoms with Gasteiger partial charge in [-0.1, -0.05) is 0 Å². The van der Waals surface area contributed by atoms with Crippen molar-refractivity contribution in [1.82, 2.24) is 20.2 Å². The Morgan fingerprint density at radius 2 is 1.97 bits per heavy atom. The molecule has 166 valence electrons. The van der Waals surface area contributed by atoms with Gasteiger partial charge in [0.1, 0.15) is 11.7 Å². The average Bonchev–Trinajstić information content (AvgIpc) is 3.52. The zero-order valence-corrected chi connectivity index (χ0v) is 17.9. The summed E-state index contributed by atoms with van der Waals surface area (Å²) in [5.74, 6) is 2.64. The van der Waals surface area contributed by atoms with Crippen molar-refractivity contribution in [3.63, 3.8) is 0 Å². The number of H-pyrrole nitrogens is 1. The first-order valence-electron chi connectivity index (χ1n) is 10.7. The number of carbonyl (C=O) groups is 1. The van der Waals surface area contributed by atoms with Crippen LogP contribution in [0.5, 0.6) is 11.5 Å². The third-order valence-corrected chi connectivity index (χ3v) is 5.58. The predicted molar refractivity (Wildman–Crippen MR) is 120 cm³/mol. The minimum Gasteiger partial charge on any atom is -0.493 e. The summed E-state index contributed by atoms with van der Waals surface area (Å²) in [6.45, 7) is 3.94. The standard InChI is InChI=1S/C23H25N5O4/c1-30-20-13-16(3-5-19(20)32-14-21(29)28-8-10-31-11-9-28)23-26-17-4-2-15(12-18(17)27-23)22-24-6-7-25-22/h2-5,12-13H,6-11,14H2,1H3,(H,24,25)(H,26,27). The number of hydrogen-bond donors (Lipinski definition) is 2. The minimum atomic E-state index is -0.0612. The van der Waals surface area contributed by atoms with E-state index in [1.54, 1.807) is 18.1 Å². The first-order chi connectivity index (χ1) is 15.7. The van der Waals surface area contributed by atoms with E-state index in [-0.39, 0.29) is 12.5 Å². The summed E-state index contributed by atoms with van der Waals surface area (Å²) in [6.07, 6.45) is 0. The first-order valence-corrected chi connectivity index (χ1v) is 10.7. The van der Waals surface area contributed by atoms with Crippen LogP contribution in [0.1, 0.15) is 5.56 Å². The molecular weight excluding hydrogens is 410 g/mol. The number of fused-ring (bicyclic) bond motifs is 1. The molecule has 9 heteroatoms. The first kappa shape index (κ1) is 20.3. The number of carbonyl (C=O) groups excluding carboxylic acids is 1. The van der Waals surface area contributed by atoms with Gasteiger partial charge in [0, 0.05) is 30.8 Å². The van der Waals surface area contributed by atoms with Gasteiger partial charge in [0.2, 0.25) is 0 Å². The fourth-order valence-corrected chi connectivity index (χ4v) is 3.86. The van der Waals surface area contributed by atoms with Crippen LogP contribution in [0.4, 0.5) is 0 Å². The zero-order valence-electron chi connectivity index (χ0n) is 17.9. The molecule has 1 amide bonds. The van der Waals surface area contributed by atoms with Crippen molar-refractivity contribution in [1.29, 1.82) is 0 Å². The maximum Gasteiger partial charge on any atom is 0.260 e. The van der Waals surface area contributed by atoms with Crippen molar-refractivity contribution in [3.8, 4) is 22.9 Å². The summed E-state index contributed by atoms with van der Waals surface area (Å²) in [7, 11) is 1.58. The molecule has 0 atom stereocenters. The molecule has 1 fully saturated rings. The molecule has 1 saturated heterocycles. The van der Waals surface area contributed by atoms with E-state index < -0.39 is 0 Å². The Balaban J connectivity index is 1.33. The van der Waals surface area contributed by atoms with Gasteiger partial charge in [-0.2, -0.15) is 0 Å². The largest absolute Gasteiger partial charge is 0.493 e. The molecule has 2 aliphatic heterocycles. The van der Waals surface area contributed by atoms with Crippen LogP contribution in [0, 0.1) is 0 Å². The second kappa shape index (κ2) is 8.88. The van der Waals surface area contributed by atoms with Gasteiger partial charge in [-0.25, -0.2) is 4.98 Å². The Labute approximate surface area is 185 Å². The molecule has 0 saturated carbocycles. The molecule has 1 aromatic heterocycles. The number of benzene rings is 2. The summed E-state index contributed by atoms with van der Waals surface area (Å²) in [5.41, 5.74) is 3.71. The van der Waals surface area contributed by atoms with E-state index in [1.165, 1.54) is 0 Å². The van der Waals surface area contributed by atoms with E-state index in [1.807, 2.05) is 24.3 Å². The number of morpholine rings is 1. The maximum absolute atomic E-state index is 12.4. The number of aliphatic imine (C=N–C) groups is 1. The fraction of sp³-hybridized carbons (Fsp3) is 0.348. The Morgan fingerprint density at radius 3 is 2.75 bits per heavy atom. The zero-order chi connectivity index (χ0) is 21.9. The van der Waals surface area contributed by atoms with Gasteiger partial charge < -0.3 is 29.4 Å². The summed E-state index contributed by atoms with van der Waals surface area (Å²) < 4.78 is 16.6. The number of methoxy groups -OCH3 is 1. The predicted octanol–water partition coefficient (Wildman–Crippen LogP) is 1.83. The molecule has 2 N–H and O–H groups in total. The SMILES string of the molecule is COc1cc(-c2nc3ccc(C4=NCCN4)cc3[nH]2)ccc1OCC(=O)N1CCOCC1. The van der Waals surface area contributed by atoms with Crippen molar-refractivity contribution in [3.05, 3.63) is 42.0 Å². The van der Waals surface area contributed by atoms with E-state index in [4.69, 9.17) is 19.2 Å².